The van der Waals surface area contributed by atoms with Crippen molar-refractivity contribution in [3.05, 3.63) is 71.3 Å². The topological polar surface area (TPSA) is 51.7 Å². The fourth-order valence-corrected chi connectivity index (χ4v) is 3.96. The Balaban J connectivity index is 1.82. The number of ether oxygens (including phenoxy) is 1. The predicted molar refractivity (Wildman–Crippen MR) is 116 cm³/mol. The number of hydrogen-bond acceptors (Lipinski definition) is 3. The molecule has 8 heteroatoms. The number of methoxy groups -OCH3 is 1. The van der Waals surface area contributed by atoms with Crippen molar-refractivity contribution in [3.8, 4) is 22.8 Å². The van der Waals surface area contributed by atoms with E-state index in [1.165, 1.54) is 31.4 Å². The van der Waals surface area contributed by atoms with Gasteiger partial charge in [0, 0.05) is 30.9 Å². The van der Waals surface area contributed by atoms with Crippen molar-refractivity contribution >= 4 is 11.6 Å². The van der Waals surface area contributed by atoms with Gasteiger partial charge in [0.15, 0.2) is 11.6 Å². The van der Waals surface area contributed by atoms with Crippen molar-refractivity contribution in [1.82, 2.24) is 14.5 Å². The van der Waals surface area contributed by atoms with Gasteiger partial charge in [-0.2, -0.15) is 0 Å². The lowest BCUT2D eigenvalue weighted by atomic mass is 10.0. The molecule has 32 heavy (non-hydrogen) atoms. The normalized spacial score (nSPS) is 16.0. The summed E-state index contributed by atoms with van der Waals surface area (Å²) >= 11 is 0. The molecule has 1 atom stereocenters. The molecule has 0 unspecified atom stereocenters. The summed E-state index contributed by atoms with van der Waals surface area (Å²) in [6.07, 6.45) is 3.54. The van der Waals surface area contributed by atoms with Crippen LogP contribution in [-0.2, 0) is 0 Å². The Kier molecular flexibility index (Phi) is 5.91. The molecule has 6 nitrogen and oxygen atoms in total. The molecule has 1 aromatic heterocycles. The molecule has 0 spiro atoms. The molecular weight excluding hydrogens is 414 g/mol. The van der Waals surface area contributed by atoms with Crippen LogP contribution in [0.15, 0.2) is 42.6 Å². The van der Waals surface area contributed by atoms with Crippen LogP contribution in [0.2, 0.25) is 0 Å². The summed E-state index contributed by atoms with van der Waals surface area (Å²) in [6.45, 7) is 10.4. The zero-order chi connectivity index (χ0) is 22.8. The maximum Gasteiger partial charge on any atom is 0.274 e. The van der Waals surface area contributed by atoms with E-state index in [-0.39, 0.29) is 28.9 Å². The Morgan fingerprint density at radius 3 is 2.69 bits per heavy atom. The van der Waals surface area contributed by atoms with Gasteiger partial charge in [0.1, 0.15) is 17.3 Å². The first-order valence-corrected chi connectivity index (χ1v) is 10.3. The van der Waals surface area contributed by atoms with E-state index in [0.717, 1.165) is 12.8 Å². The second-order valence-electron chi connectivity index (χ2n) is 7.92. The van der Waals surface area contributed by atoms with Crippen LogP contribution >= 0.6 is 0 Å². The number of halogens is 2. The highest BCUT2D eigenvalue weighted by molar-refractivity contribution is 5.93. The molecule has 3 aromatic rings. The van der Waals surface area contributed by atoms with Gasteiger partial charge in [-0.3, -0.25) is 9.36 Å². The Bertz CT molecular complexity index is 1220. The minimum absolute atomic E-state index is 0.0847. The minimum Gasteiger partial charge on any atom is -0.494 e. The Labute approximate surface area is 184 Å². The first-order chi connectivity index (χ1) is 15.4. The SMILES string of the molecule is [C-]#[N+]c1ccc(-c2nc(C(=O)N3CCC[C@@H](C)C3)cn2-c2ccc(OC)c(F)c2)cc1F. The van der Waals surface area contributed by atoms with Crippen LogP contribution in [0.25, 0.3) is 21.9 Å². The lowest BCUT2D eigenvalue weighted by molar-refractivity contribution is 0.0677. The van der Waals surface area contributed by atoms with Crippen LogP contribution in [0.1, 0.15) is 30.3 Å². The first-order valence-electron chi connectivity index (χ1n) is 10.3. The molecule has 2 heterocycles. The summed E-state index contributed by atoms with van der Waals surface area (Å²) in [6, 6.07) is 8.50. The number of benzene rings is 2. The number of carbonyl (C=O) groups excluding carboxylic acids is 1. The summed E-state index contributed by atoms with van der Waals surface area (Å²) in [7, 11) is 1.37. The molecule has 1 aliphatic heterocycles. The molecule has 1 aliphatic rings. The average molecular weight is 436 g/mol. The first kappa shape index (κ1) is 21.5. The third kappa shape index (κ3) is 4.06. The molecule has 0 radical (unpaired) electrons. The smallest absolute Gasteiger partial charge is 0.274 e. The van der Waals surface area contributed by atoms with Gasteiger partial charge in [-0.1, -0.05) is 19.1 Å². The largest absolute Gasteiger partial charge is 0.494 e. The van der Waals surface area contributed by atoms with Crippen LogP contribution in [0.4, 0.5) is 14.5 Å². The van der Waals surface area contributed by atoms with Gasteiger partial charge in [-0.25, -0.2) is 18.6 Å². The minimum atomic E-state index is -0.689. The van der Waals surface area contributed by atoms with Gasteiger partial charge in [-0.15, -0.1) is 0 Å². The molecule has 0 saturated carbocycles. The monoisotopic (exact) mass is 436 g/mol. The van der Waals surface area contributed by atoms with Crippen LogP contribution < -0.4 is 4.74 Å². The Hall–Kier alpha value is -3.73. The van der Waals surface area contributed by atoms with Gasteiger partial charge >= 0.3 is 0 Å². The van der Waals surface area contributed by atoms with E-state index in [1.54, 1.807) is 27.8 Å². The lowest BCUT2D eigenvalue weighted by Gasteiger charge is -2.30. The third-order valence-corrected chi connectivity index (χ3v) is 5.61. The van der Waals surface area contributed by atoms with Crippen LogP contribution in [-0.4, -0.2) is 40.6 Å². The van der Waals surface area contributed by atoms with Crippen molar-refractivity contribution in [1.29, 1.82) is 0 Å². The van der Waals surface area contributed by atoms with Gasteiger partial charge in [-0.05, 0) is 37.0 Å². The van der Waals surface area contributed by atoms with Crippen molar-refractivity contribution in [2.75, 3.05) is 20.2 Å². The summed E-state index contributed by atoms with van der Waals surface area (Å²) < 4.78 is 35.3. The van der Waals surface area contributed by atoms with Crippen molar-refractivity contribution < 1.29 is 18.3 Å². The molecule has 0 N–H and O–H groups in total. The third-order valence-electron chi connectivity index (χ3n) is 5.61. The number of rotatable bonds is 4. The highest BCUT2D eigenvalue weighted by Gasteiger charge is 2.26. The molecule has 0 aliphatic carbocycles. The van der Waals surface area contributed by atoms with Gasteiger partial charge in [0.05, 0.1) is 19.4 Å². The zero-order valence-corrected chi connectivity index (χ0v) is 17.8. The van der Waals surface area contributed by atoms with Crippen molar-refractivity contribution in [2.24, 2.45) is 5.92 Å². The molecule has 1 fully saturated rings. The molecule has 0 bridgehead atoms. The molecule has 1 amide bonds. The van der Waals surface area contributed by atoms with E-state index in [0.29, 0.717) is 30.3 Å². The highest BCUT2D eigenvalue weighted by Crippen LogP contribution is 2.30. The number of hydrogen-bond donors (Lipinski definition) is 0. The summed E-state index contributed by atoms with van der Waals surface area (Å²) in [5.41, 5.74) is 0.865. The van der Waals surface area contributed by atoms with E-state index < -0.39 is 11.6 Å². The Morgan fingerprint density at radius 1 is 1.22 bits per heavy atom. The van der Waals surface area contributed by atoms with Crippen molar-refractivity contribution in [3.63, 3.8) is 0 Å². The van der Waals surface area contributed by atoms with E-state index in [4.69, 9.17) is 11.3 Å². The highest BCUT2D eigenvalue weighted by atomic mass is 19.1. The number of likely N-dealkylation sites (tertiary alicyclic amines) is 1. The Morgan fingerprint density at radius 2 is 2.03 bits per heavy atom. The zero-order valence-electron chi connectivity index (χ0n) is 17.8. The van der Waals surface area contributed by atoms with E-state index >= 15 is 0 Å². The van der Waals surface area contributed by atoms with Crippen molar-refractivity contribution in [2.45, 2.75) is 19.8 Å². The molecular formula is C24H22F2N4O2. The molecule has 2 aromatic carbocycles. The average Bonchev–Trinajstić information content (AvgIpc) is 3.24. The summed E-state index contributed by atoms with van der Waals surface area (Å²) in [4.78, 5) is 22.6. The van der Waals surface area contributed by atoms with Gasteiger partial charge in [0.2, 0.25) is 5.69 Å². The number of amides is 1. The maximum absolute atomic E-state index is 14.4. The number of carbonyl (C=O) groups is 1. The number of aromatic nitrogens is 2. The summed E-state index contributed by atoms with van der Waals surface area (Å²) in [5.74, 6) is -0.716. The van der Waals surface area contributed by atoms with Crippen LogP contribution in [0.5, 0.6) is 5.75 Å². The fraction of sp³-hybridized carbons (Fsp3) is 0.292. The summed E-state index contributed by atoms with van der Waals surface area (Å²) in [5, 5.41) is 0. The fourth-order valence-electron chi connectivity index (χ4n) is 3.96. The van der Waals surface area contributed by atoms with Crippen LogP contribution in [0, 0.1) is 24.1 Å². The van der Waals surface area contributed by atoms with E-state index in [2.05, 4.69) is 16.8 Å². The van der Waals surface area contributed by atoms with E-state index in [9.17, 15) is 13.6 Å². The number of nitrogens with zero attached hydrogens (tertiary/aromatic N) is 4. The lowest BCUT2D eigenvalue weighted by Crippen LogP contribution is -2.39. The second-order valence-corrected chi connectivity index (χ2v) is 7.92. The van der Waals surface area contributed by atoms with Gasteiger partial charge < -0.3 is 9.64 Å². The quantitative estimate of drug-likeness (QED) is 0.525. The molecule has 164 valence electrons. The van der Waals surface area contributed by atoms with E-state index in [1.807, 2.05) is 0 Å². The standard InChI is InChI=1S/C24H22F2N4O2/c1-15-5-4-10-29(13-15)24(31)21-14-30(17-7-9-22(32-3)19(26)12-17)23(28-21)16-6-8-20(27-2)18(25)11-16/h6-9,11-12,14-15H,4-5,10,13H2,1,3H3/t15-/m1/s1. The maximum atomic E-state index is 14.4. The number of piperidine rings is 1. The molecule has 1 saturated heterocycles. The van der Waals surface area contributed by atoms with Gasteiger partial charge in [0.25, 0.3) is 5.91 Å². The molecule has 4 rings (SSSR count). The second kappa shape index (κ2) is 8.79. The van der Waals surface area contributed by atoms with Crippen LogP contribution in [0.3, 0.4) is 0 Å². The number of imidazole rings is 1. The predicted octanol–water partition coefficient (Wildman–Crippen LogP) is 5.25.